The Morgan fingerprint density at radius 2 is 2.00 bits per heavy atom. The van der Waals surface area contributed by atoms with Crippen LogP contribution in [-0.4, -0.2) is 41.1 Å². The number of aromatic amines is 1. The number of imidazole rings is 1. The molecule has 1 aromatic carbocycles. The Labute approximate surface area is 198 Å². The molecule has 1 fully saturated rings. The highest BCUT2D eigenvalue weighted by molar-refractivity contribution is 5.94. The summed E-state index contributed by atoms with van der Waals surface area (Å²) in [5.41, 5.74) is 7.76. The summed E-state index contributed by atoms with van der Waals surface area (Å²) in [4.78, 5) is 4.78. The van der Waals surface area contributed by atoms with E-state index in [9.17, 15) is 0 Å². The maximum Gasteiger partial charge on any atom is 0.137 e. The molecule has 1 saturated carbocycles. The number of nitrogens with zero attached hydrogens (tertiary/aromatic N) is 6. The summed E-state index contributed by atoms with van der Waals surface area (Å²) in [7, 11) is 0. The lowest BCUT2D eigenvalue weighted by Gasteiger charge is -2.18. The minimum atomic E-state index is 0.269. The van der Waals surface area contributed by atoms with Crippen molar-refractivity contribution in [1.82, 2.24) is 39.9 Å². The fourth-order valence-electron chi connectivity index (χ4n) is 4.46. The highest BCUT2D eigenvalue weighted by Crippen LogP contribution is 2.42. The van der Waals surface area contributed by atoms with Gasteiger partial charge in [0.15, 0.2) is 0 Å². The second-order valence-corrected chi connectivity index (χ2v) is 10.7. The predicted molar refractivity (Wildman–Crippen MR) is 133 cm³/mol. The Morgan fingerprint density at radius 3 is 2.82 bits per heavy atom. The zero-order valence-electron chi connectivity index (χ0n) is 19.9. The summed E-state index contributed by atoms with van der Waals surface area (Å²) in [5.74, 6) is 0.660. The quantitative estimate of drug-likeness (QED) is 0.377. The largest absolute Gasteiger partial charge is 0.312 e. The molecule has 0 aliphatic heterocycles. The van der Waals surface area contributed by atoms with E-state index in [1.807, 2.05) is 17.1 Å². The van der Waals surface area contributed by atoms with Gasteiger partial charge in [0, 0.05) is 36.4 Å². The van der Waals surface area contributed by atoms with Gasteiger partial charge in [0.1, 0.15) is 11.3 Å². The van der Waals surface area contributed by atoms with Crippen LogP contribution in [0.5, 0.6) is 0 Å². The van der Waals surface area contributed by atoms with Gasteiger partial charge in [-0.3, -0.25) is 5.10 Å². The van der Waals surface area contributed by atoms with Crippen LogP contribution in [-0.2, 0) is 13.1 Å². The second kappa shape index (κ2) is 8.06. The fourth-order valence-corrected chi connectivity index (χ4v) is 4.46. The molecule has 0 unspecified atom stereocenters. The number of nitrogens with one attached hydrogen (secondary N) is 2. The summed E-state index contributed by atoms with van der Waals surface area (Å²) >= 11 is 0. The molecule has 174 valence electrons. The highest BCUT2D eigenvalue weighted by atomic mass is 15.4. The third kappa shape index (κ3) is 4.33. The van der Waals surface area contributed by atoms with Crippen LogP contribution in [0.1, 0.15) is 56.4 Å². The van der Waals surface area contributed by atoms with Gasteiger partial charge in [0.05, 0.1) is 30.1 Å². The number of hydrogen-bond donors (Lipinski definition) is 2. The third-order valence-corrected chi connectivity index (χ3v) is 6.32. The number of aromatic nitrogens is 7. The first kappa shape index (κ1) is 21.0. The Bertz CT molecular complexity index is 1460. The molecule has 8 heteroatoms. The van der Waals surface area contributed by atoms with Crippen molar-refractivity contribution < 1.29 is 0 Å². The number of pyridine rings is 1. The smallest absolute Gasteiger partial charge is 0.137 e. The molecule has 4 heterocycles. The highest BCUT2D eigenvalue weighted by Gasteiger charge is 2.25. The molecule has 0 bridgehead atoms. The van der Waals surface area contributed by atoms with Crippen molar-refractivity contribution in [2.45, 2.75) is 52.6 Å². The summed E-state index contributed by atoms with van der Waals surface area (Å²) in [6.45, 7) is 9.11. The van der Waals surface area contributed by atoms with Crippen LogP contribution in [0.4, 0.5) is 0 Å². The third-order valence-electron chi connectivity index (χ3n) is 6.32. The van der Waals surface area contributed by atoms with Crippen LogP contribution in [0.3, 0.4) is 0 Å². The molecule has 8 nitrogen and oxygen atoms in total. The molecule has 34 heavy (non-hydrogen) atoms. The molecule has 2 N–H and O–H groups in total. The lowest BCUT2D eigenvalue weighted by molar-refractivity contribution is 0.379. The predicted octanol–water partition coefficient (Wildman–Crippen LogP) is 4.53. The van der Waals surface area contributed by atoms with Crippen molar-refractivity contribution >= 4 is 16.6 Å². The molecule has 1 aliphatic carbocycles. The van der Waals surface area contributed by atoms with E-state index in [1.54, 1.807) is 0 Å². The van der Waals surface area contributed by atoms with Gasteiger partial charge in [0.2, 0.25) is 0 Å². The number of rotatable bonds is 7. The molecule has 0 atom stereocenters. The fraction of sp³-hybridized carbons (Fsp3) is 0.385. The molecule has 0 amide bonds. The average molecular weight is 455 g/mol. The van der Waals surface area contributed by atoms with Crippen molar-refractivity contribution in [1.29, 1.82) is 0 Å². The van der Waals surface area contributed by atoms with E-state index < -0.39 is 0 Å². The monoisotopic (exact) mass is 454 g/mol. The number of benzene rings is 1. The van der Waals surface area contributed by atoms with Gasteiger partial charge in [-0.15, -0.1) is 5.10 Å². The molecule has 6 rings (SSSR count). The lowest BCUT2D eigenvalue weighted by atomic mass is 9.97. The molecule has 4 aromatic heterocycles. The Balaban J connectivity index is 1.21. The van der Waals surface area contributed by atoms with E-state index in [2.05, 4.69) is 87.7 Å². The first-order valence-electron chi connectivity index (χ1n) is 12.0. The topological polar surface area (TPSA) is 88.7 Å². The van der Waals surface area contributed by atoms with Gasteiger partial charge in [-0.1, -0.05) is 32.1 Å². The first-order chi connectivity index (χ1) is 16.4. The van der Waals surface area contributed by atoms with Crippen molar-refractivity contribution in [2.75, 3.05) is 6.54 Å². The van der Waals surface area contributed by atoms with Crippen LogP contribution in [0.25, 0.3) is 27.8 Å². The van der Waals surface area contributed by atoms with Crippen LogP contribution in [0, 0.1) is 5.41 Å². The second-order valence-electron chi connectivity index (χ2n) is 10.7. The molecule has 1 aliphatic rings. The molecular formula is C26H30N8. The summed E-state index contributed by atoms with van der Waals surface area (Å²) in [6, 6.07) is 8.68. The van der Waals surface area contributed by atoms with Crippen LogP contribution < -0.4 is 5.32 Å². The number of hydrogen-bond acceptors (Lipinski definition) is 5. The van der Waals surface area contributed by atoms with E-state index in [0.29, 0.717) is 12.5 Å². The van der Waals surface area contributed by atoms with Crippen molar-refractivity contribution in [3.8, 4) is 11.3 Å². The summed E-state index contributed by atoms with van der Waals surface area (Å²) < 4.78 is 3.95. The van der Waals surface area contributed by atoms with E-state index in [4.69, 9.17) is 4.98 Å². The van der Waals surface area contributed by atoms with Crippen LogP contribution >= 0.6 is 0 Å². The lowest BCUT2D eigenvalue weighted by Crippen LogP contribution is -2.26. The van der Waals surface area contributed by atoms with Crippen molar-refractivity contribution in [3.63, 3.8) is 0 Å². The SMILES string of the molecule is CC(C)(C)CNCc1ccc2nc(Cn3cc(-c4cc(C5CC5)cc5[nH]ncc45)nn3)cn2c1. The van der Waals surface area contributed by atoms with Crippen LogP contribution in [0.15, 0.2) is 49.1 Å². The number of H-pyrrole nitrogens is 1. The maximum atomic E-state index is 4.78. The van der Waals surface area contributed by atoms with Gasteiger partial charge in [0.25, 0.3) is 0 Å². The Kier molecular flexibility index (Phi) is 4.99. The molecule has 0 saturated heterocycles. The molecule has 0 spiro atoms. The number of fused-ring (bicyclic) bond motifs is 2. The van der Waals surface area contributed by atoms with Crippen LogP contribution in [0.2, 0.25) is 0 Å². The average Bonchev–Trinajstić information content (AvgIpc) is 3.17. The van der Waals surface area contributed by atoms with Gasteiger partial charge < -0.3 is 9.72 Å². The van der Waals surface area contributed by atoms with E-state index in [1.165, 1.54) is 24.0 Å². The van der Waals surface area contributed by atoms with Gasteiger partial charge in [-0.05, 0) is 53.5 Å². The van der Waals surface area contributed by atoms with E-state index in [0.717, 1.165) is 46.6 Å². The zero-order valence-corrected chi connectivity index (χ0v) is 19.9. The molecule has 0 radical (unpaired) electrons. The molecule has 5 aromatic rings. The normalized spacial score (nSPS) is 14.4. The van der Waals surface area contributed by atoms with Crippen molar-refractivity contribution in [2.24, 2.45) is 5.41 Å². The van der Waals surface area contributed by atoms with E-state index in [-0.39, 0.29) is 5.41 Å². The minimum absolute atomic E-state index is 0.269. The Morgan fingerprint density at radius 1 is 1.12 bits per heavy atom. The molecular weight excluding hydrogens is 424 g/mol. The summed E-state index contributed by atoms with van der Waals surface area (Å²) in [6.07, 6.45) is 10.6. The van der Waals surface area contributed by atoms with Gasteiger partial charge >= 0.3 is 0 Å². The zero-order chi connectivity index (χ0) is 23.3. The first-order valence-corrected chi connectivity index (χ1v) is 12.0. The Hall–Kier alpha value is -3.52. The van der Waals surface area contributed by atoms with E-state index >= 15 is 0 Å². The van der Waals surface area contributed by atoms with Crippen molar-refractivity contribution in [3.05, 3.63) is 65.9 Å². The summed E-state index contributed by atoms with van der Waals surface area (Å²) in [5, 5.41) is 20.9. The minimum Gasteiger partial charge on any atom is -0.312 e. The maximum absolute atomic E-state index is 4.78. The standard InChI is InChI=1S/C26H30N8/c1-26(2,3)16-27-10-17-4-7-25-29-20(13-33(25)12-17)14-34-15-24(31-32-34)21-8-19(18-5-6-18)9-23-22(21)11-28-30-23/h4,7-9,11-13,15,18,27H,5-6,10,14,16H2,1-3H3,(H,28,30). The van der Waals surface area contributed by atoms with Gasteiger partial charge in [-0.25, -0.2) is 9.67 Å². The van der Waals surface area contributed by atoms with Gasteiger partial charge in [-0.2, -0.15) is 5.10 Å².